The molecule has 0 amide bonds. The molecule has 1 unspecified atom stereocenters. The van der Waals surface area contributed by atoms with Crippen molar-refractivity contribution in [2.24, 2.45) is 7.05 Å². The van der Waals surface area contributed by atoms with Crippen LogP contribution in [-0.2, 0) is 21.8 Å². The van der Waals surface area contributed by atoms with Crippen molar-refractivity contribution in [2.75, 3.05) is 17.1 Å². The molecule has 0 N–H and O–H groups in total. The molecule has 2 aliphatic rings. The van der Waals surface area contributed by atoms with Crippen LogP contribution in [0.2, 0.25) is 0 Å². The third-order valence-corrected chi connectivity index (χ3v) is 6.81. The second kappa shape index (κ2) is 5.85. The summed E-state index contributed by atoms with van der Waals surface area (Å²) in [6, 6.07) is 0. The summed E-state index contributed by atoms with van der Waals surface area (Å²) in [5.74, 6) is 0.0557. The maximum atomic E-state index is 12.6. The Morgan fingerprint density at radius 2 is 2.09 bits per heavy atom. The summed E-state index contributed by atoms with van der Waals surface area (Å²) in [5.41, 5.74) is 0.554. The first-order chi connectivity index (χ1) is 10.4. The molecule has 0 aromatic carbocycles. The highest BCUT2D eigenvalue weighted by Crippen LogP contribution is 2.42. The fourth-order valence-corrected chi connectivity index (χ4v) is 5.00. The van der Waals surface area contributed by atoms with Gasteiger partial charge in [0.1, 0.15) is 0 Å². The summed E-state index contributed by atoms with van der Waals surface area (Å²) in [7, 11) is -0.0281. The van der Waals surface area contributed by atoms with Crippen LogP contribution in [0, 0.1) is 0 Å². The van der Waals surface area contributed by atoms with Gasteiger partial charge >= 0.3 is 0 Å². The van der Waals surface area contributed by atoms with Gasteiger partial charge < -0.3 is 4.74 Å². The van der Waals surface area contributed by atoms with Crippen molar-refractivity contribution in [3.63, 3.8) is 0 Å². The van der Waals surface area contributed by atoms with E-state index in [4.69, 9.17) is 4.74 Å². The lowest BCUT2D eigenvalue weighted by atomic mass is 9.83. The van der Waals surface area contributed by atoms with Gasteiger partial charge in [0.15, 0.2) is 0 Å². The van der Waals surface area contributed by atoms with Gasteiger partial charge in [0, 0.05) is 20.3 Å². The molecular formula is C15H25N3O3S. The van der Waals surface area contributed by atoms with Crippen LogP contribution < -0.4 is 4.31 Å². The van der Waals surface area contributed by atoms with E-state index in [0.29, 0.717) is 5.69 Å². The third kappa shape index (κ3) is 3.15. The quantitative estimate of drug-likeness (QED) is 0.849. The highest BCUT2D eigenvalue weighted by molar-refractivity contribution is 7.92. The Kier molecular flexibility index (Phi) is 4.20. The maximum absolute atomic E-state index is 12.6. The van der Waals surface area contributed by atoms with Gasteiger partial charge in [0.25, 0.3) is 0 Å². The van der Waals surface area contributed by atoms with Gasteiger partial charge in [-0.05, 0) is 25.7 Å². The van der Waals surface area contributed by atoms with E-state index >= 15 is 0 Å². The lowest BCUT2D eigenvalue weighted by molar-refractivity contribution is -0.0559. The molecule has 1 aliphatic carbocycles. The van der Waals surface area contributed by atoms with E-state index < -0.39 is 10.0 Å². The SMILES string of the molecule is CN(c1cnn(C)c1)S(=O)(=O)CC1CCC2(CCCCC2)O1. The highest BCUT2D eigenvalue weighted by atomic mass is 32.2. The number of rotatable bonds is 4. The third-order valence-electron chi connectivity index (χ3n) is 4.97. The minimum Gasteiger partial charge on any atom is -0.371 e. The molecule has 1 aromatic heterocycles. The summed E-state index contributed by atoms with van der Waals surface area (Å²) in [6.07, 6.45) is 10.8. The summed E-state index contributed by atoms with van der Waals surface area (Å²) in [5, 5.41) is 4.03. The molecule has 2 heterocycles. The lowest BCUT2D eigenvalue weighted by Gasteiger charge is -2.33. The van der Waals surface area contributed by atoms with Crippen molar-refractivity contribution in [1.82, 2.24) is 9.78 Å². The Hall–Kier alpha value is -1.08. The summed E-state index contributed by atoms with van der Waals surface area (Å²) in [4.78, 5) is 0. The standard InChI is InChI=1S/C15H25N3O3S/c1-17-11-13(10-16-17)18(2)22(19,20)12-14-6-9-15(21-14)7-4-3-5-8-15/h10-11,14H,3-9,12H2,1-2H3. The molecule has 124 valence electrons. The molecule has 6 nitrogen and oxygen atoms in total. The minimum atomic E-state index is -3.38. The Labute approximate surface area is 132 Å². The molecule has 3 rings (SSSR count). The van der Waals surface area contributed by atoms with Crippen LogP contribution in [0.4, 0.5) is 5.69 Å². The minimum absolute atomic E-state index is 0.0364. The van der Waals surface area contributed by atoms with Crippen LogP contribution in [-0.4, -0.2) is 42.7 Å². The first-order valence-electron chi connectivity index (χ1n) is 8.03. The summed E-state index contributed by atoms with van der Waals surface area (Å²) >= 11 is 0. The van der Waals surface area contributed by atoms with E-state index in [1.54, 1.807) is 31.2 Å². The molecule has 0 radical (unpaired) electrons. The number of ether oxygens (including phenoxy) is 1. The van der Waals surface area contributed by atoms with Crippen molar-refractivity contribution in [3.05, 3.63) is 12.4 Å². The Morgan fingerprint density at radius 1 is 1.36 bits per heavy atom. The molecule has 1 atom stereocenters. The lowest BCUT2D eigenvalue weighted by Crippen LogP contribution is -2.36. The smallest absolute Gasteiger partial charge is 0.237 e. The zero-order valence-corrected chi connectivity index (χ0v) is 14.2. The average molecular weight is 327 g/mol. The Balaban J connectivity index is 1.65. The van der Waals surface area contributed by atoms with E-state index in [9.17, 15) is 8.42 Å². The fraction of sp³-hybridized carbons (Fsp3) is 0.800. The van der Waals surface area contributed by atoms with E-state index in [1.807, 2.05) is 0 Å². The fourth-order valence-electron chi connectivity index (χ4n) is 3.66. The van der Waals surface area contributed by atoms with E-state index in [2.05, 4.69) is 5.10 Å². The molecule has 22 heavy (non-hydrogen) atoms. The number of anilines is 1. The second-order valence-electron chi connectivity index (χ2n) is 6.64. The van der Waals surface area contributed by atoms with Crippen LogP contribution in [0.3, 0.4) is 0 Å². The maximum Gasteiger partial charge on any atom is 0.237 e. The zero-order chi connectivity index (χ0) is 15.8. The van der Waals surface area contributed by atoms with Crippen LogP contribution in [0.25, 0.3) is 0 Å². The topological polar surface area (TPSA) is 64.4 Å². The largest absolute Gasteiger partial charge is 0.371 e. The van der Waals surface area contributed by atoms with Gasteiger partial charge in [-0.1, -0.05) is 19.3 Å². The van der Waals surface area contributed by atoms with Crippen molar-refractivity contribution < 1.29 is 13.2 Å². The molecule has 1 spiro atoms. The van der Waals surface area contributed by atoms with Gasteiger partial charge in [-0.15, -0.1) is 0 Å². The predicted octanol–water partition coefficient (Wildman–Crippen LogP) is 2.07. The predicted molar refractivity (Wildman–Crippen MR) is 85.3 cm³/mol. The molecule has 0 bridgehead atoms. The van der Waals surface area contributed by atoms with E-state index in [0.717, 1.165) is 25.7 Å². The number of hydrogen-bond donors (Lipinski definition) is 0. The number of aryl methyl sites for hydroxylation is 1. The number of nitrogens with zero attached hydrogens (tertiary/aromatic N) is 3. The van der Waals surface area contributed by atoms with Gasteiger partial charge in [-0.3, -0.25) is 8.99 Å². The van der Waals surface area contributed by atoms with E-state index in [1.165, 1.54) is 23.6 Å². The van der Waals surface area contributed by atoms with Crippen molar-refractivity contribution in [3.8, 4) is 0 Å². The molecule has 1 saturated heterocycles. The first-order valence-corrected chi connectivity index (χ1v) is 9.64. The van der Waals surface area contributed by atoms with Crippen molar-refractivity contribution >= 4 is 15.7 Å². The number of sulfonamides is 1. The first kappa shape index (κ1) is 15.8. The van der Waals surface area contributed by atoms with Gasteiger partial charge in [-0.2, -0.15) is 5.10 Å². The molecule has 1 saturated carbocycles. The average Bonchev–Trinajstić information content (AvgIpc) is 3.06. The van der Waals surface area contributed by atoms with Crippen LogP contribution in [0.1, 0.15) is 44.9 Å². The van der Waals surface area contributed by atoms with Crippen molar-refractivity contribution in [2.45, 2.75) is 56.7 Å². The Morgan fingerprint density at radius 3 is 2.73 bits per heavy atom. The second-order valence-corrected chi connectivity index (χ2v) is 8.69. The van der Waals surface area contributed by atoms with Crippen LogP contribution in [0.15, 0.2) is 12.4 Å². The van der Waals surface area contributed by atoms with Gasteiger partial charge in [0.2, 0.25) is 10.0 Å². The van der Waals surface area contributed by atoms with Crippen LogP contribution >= 0.6 is 0 Å². The van der Waals surface area contributed by atoms with Crippen LogP contribution in [0.5, 0.6) is 0 Å². The molecule has 1 aliphatic heterocycles. The normalized spacial score (nSPS) is 24.7. The van der Waals surface area contributed by atoms with Crippen molar-refractivity contribution in [1.29, 1.82) is 0 Å². The van der Waals surface area contributed by atoms with Gasteiger partial charge in [0.05, 0.1) is 29.3 Å². The number of aromatic nitrogens is 2. The molecule has 7 heteroatoms. The molecular weight excluding hydrogens is 302 g/mol. The monoisotopic (exact) mass is 327 g/mol. The molecule has 2 fully saturated rings. The summed E-state index contributed by atoms with van der Waals surface area (Å²) < 4.78 is 34.3. The summed E-state index contributed by atoms with van der Waals surface area (Å²) in [6.45, 7) is 0. The molecule has 1 aromatic rings. The highest BCUT2D eigenvalue weighted by Gasteiger charge is 2.42. The Bertz CT molecular complexity index is 620. The number of hydrogen-bond acceptors (Lipinski definition) is 4. The van der Waals surface area contributed by atoms with Gasteiger partial charge in [-0.25, -0.2) is 8.42 Å². The van der Waals surface area contributed by atoms with E-state index in [-0.39, 0.29) is 17.5 Å². The zero-order valence-electron chi connectivity index (χ0n) is 13.4.